The minimum absolute atomic E-state index is 0.190. The molecule has 2 aliphatic rings. The summed E-state index contributed by atoms with van der Waals surface area (Å²) in [7, 11) is 0. The fraction of sp³-hybridized carbons (Fsp3) is 0.391. The van der Waals surface area contributed by atoms with Crippen LogP contribution in [-0.2, 0) is 0 Å². The van der Waals surface area contributed by atoms with E-state index in [0.717, 1.165) is 30.1 Å². The second-order valence-electron chi connectivity index (χ2n) is 8.23. The Morgan fingerprint density at radius 3 is 2.56 bits per heavy atom. The number of nitrogens with zero attached hydrogens (tertiary/aromatic N) is 5. The SMILES string of the molecule is O=C(Nc1ccccc1F)N1CCN(c2ccc(-c3noc(C4CCCC4)n3)cn2)CC1. The van der Waals surface area contributed by atoms with Crippen molar-refractivity contribution in [1.82, 2.24) is 20.0 Å². The molecule has 1 aromatic carbocycles. The van der Waals surface area contributed by atoms with E-state index in [-0.39, 0.29) is 11.7 Å². The highest BCUT2D eigenvalue weighted by atomic mass is 19.1. The smallest absolute Gasteiger partial charge is 0.322 e. The molecule has 1 aliphatic carbocycles. The van der Waals surface area contributed by atoms with Gasteiger partial charge in [-0.05, 0) is 37.1 Å². The van der Waals surface area contributed by atoms with E-state index in [1.54, 1.807) is 29.3 Å². The second kappa shape index (κ2) is 8.94. The molecule has 5 rings (SSSR count). The van der Waals surface area contributed by atoms with Gasteiger partial charge in [0.1, 0.15) is 11.6 Å². The lowest BCUT2D eigenvalue weighted by atomic mass is 10.1. The standard InChI is InChI=1S/C23H25FN6O2/c24-18-7-3-4-8-19(18)26-23(31)30-13-11-29(12-14-30)20-10-9-17(15-25-20)21-27-22(32-28-21)16-5-1-2-6-16/h3-4,7-10,15-16H,1-2,5-6,11-14H2,(H,26,31). The molecule has 3 aromatic rings. The van der Waals surface area contributed by atoms with Gasteiger partial charge in [-0.2, -0.15) is 4.98 Å². The van der Waals surface area contributed by atoms with Crippen LogP contribution in [0.4, 0.5) is 20.7 Å². The van der Waals surface area contributed by atoms with Crippen molar-refractivity contribution in [3.05, 3.63) is 54.3 Å². The maximum Gasteiger partial charge on any atom is 0.322 e. The van der Waals surface area contributed by atoms with Crippen LogP contribution in [0.15, 0.2) is 47.1 Å². The highest BCUT2D eigenvalue weighted by Gasteiger charge is 2.24. The number of pyridine rings is 1. The number of carbonyl (C=O) groups is 1. The number of amides is 2. The number of para-hydroxylation sites is 1. The number of halogens is 1. The topological polar surface area (TPSA) is 87.4 Å². The molecule has 0 radical (unpaired) electrons. The summed E-state index contributed by atoms with van der Waals surface area (Å²) in [5.74, 6) is 2.07. The Hall–Kier alpha value is -3.49. The predicted octanol–water partition coefficient (Wildman–Crippen LogP) is 4.28. The molecule has 32 heavy (non-hydrogen) atoms. The average molecular weight is 436 g/mol. The first-order valence-electron chi connectivity index (χ1n) is 11.0. The molecule has 2 fully saturated rings. The highest BCUT2D eigenvalue weighted by molar-refractivity contribution is 5.89. The molecular formula is C23H25FN6O2. The first-order valence-corrected chi connectivity index (χ1v) is 11.0. The van der Waals surface area contributed by atoms with E-state index in [2.05, 4.69) is 25.3 Å². The van der Waals surface area contributed by atoms with Gasteiger partial charge < -0.3 is 19.6 Å². The van der Waals surface area contributed by atoms with Crippen LogP contribution < -0.4 is 10.2 Å². The first-order chi connectivity index (χ1) is 15.7. The van der Waals surface area contributed by atoms with Crippen LogP contribution in [0.2, 0.25) is 0 Å². The molecule has 1 saturated heterocycles. The van der Waals surface area contributed by atoms with Gasteiger partial charge in [0, 0.05) is 43.9 Å². The van der Waals surface area contributed by atoms with Gasteiger partial charge in [-0.3, -0.25) is 0 Å². The van der Waals surface area contributed by atoms with Crippen LogP contribution in [0, 0.1) is 5.82 Å². The Labute approximate surface area is 185 Å². The van der Waals surface area contributed by atoms with Crippen LogP contribution in [0.3, 0.4) is 0 Å². The number of benzene rings is 1. The minimum atomic E-state index is -0.444. The summed E-state index contributed by atoms with van der Waals surface area (Å²) in [5.41, 5.74) is 1.01. The molecule has 3 heterocycles. The van der Waals surface area contributed by atoms with Crippen LogP contribution in [0.25, 0.3) is 11.4 Å². The summed E-state index contributed by atoms with van der Waals surface area (Å²) < 4.78 is 19.2. The molecule has 166 valence electrons. The van der Waals surface area contributed by atoms with Crippen molar-refractivity contribution in [2.75, 3.05) is 36.4 Å². The summed E-state index contributed by atoms with van der Waals surface area (Å²) in [5, 5.41) is 6.76. The summed E-state index contributed by atoms with van der Waals surface area (Å²) in [6.45, 7) is 2.34. The van der Waals surface area contributed by atoms with Gasteiger partial charge in [0.15, 0.2) is 0 Å². The molecule has 2 amide bonds. The molecule has 1 aliphatic heterocycles. The molecule has 1 saturated carbocycles. The van der Waals surface area contributed by atoms with E-state index in [9.17, 15) is 9.18 Å². The van der Waals surface area contributed by atoms with Crippen molar-refractivity contribution in [2.24, 2.45) is 0 Å². The molecule has 9 heteroatoms. The number of piperazine rings is 1. The Balaban J connectivity index is 1.17. The third-order valence-corrected chi connectivity index (χ3v) is 6.16. The van der Waals surface area contributed by atoms with E-state index in [0.29, 0.717) is 37.9 Å². The normalized spacial score (nSPS) is 17.0. The summed E-state index contributed by atoms with van der Waals surface area (Å²) in [6.07, 6.45) is 6.43. The number of rotatable bonds is 4. The molecule has 1 N–H and O–H groups in total. The van der Waals surface area contributed by atoms with Crippen LogP contribution >= 0.6 is 0 Å². The zero-order valence-electron chi connectivity index (χ0n) is 17.7. The van der Waals surface area contributed by atoms with Crippen molar-refractivity contribution >= 4 is 17.5 Å². The Morgan fingerprint density at radius 1 is 1.06 bits per heavy atom. The molecular weight excluding hydrogens is 411 g/mol. The van der Waals surface area contributed by atoms with Crippen molar-refractivity contribution in [3.8, 4) is 11.4 Å². The van der Waals surface area contributed by atoms with Crippen molar-refractivity contribution in [3.63, 3.8) is 0 Å². The summed E-state index contributed by atoms with van der Waals surface area (Å²) in [4.78, 5) is 25.4. The molecule has 0 unspecified atom stereocenters. The lowest BCUT2D eigenvalue weighted by Gasteiger charge is -2.35. The maximum absolute atomic E-state index is 13.8. The minimum Gasteiger partial charge on any atom is -0.353 e. The van der Waals surface area contributed by atoms with Gasteiger partial charge in [-0.15, -0.1) is 0 Å². The quantitative estimate of drug-likeness (QED) is 0.657. The number of hydrogen-bond acceptors (Lipinski definition) is 6. The third kappa shape index (κ3) is 4.28. The van der Waals surface area contributed by atoms with Crippen molar-refractivity contribution < 1.29 is 13.7 Å². The highest BCUT2D eigenvalue weighted by Crippen LogP contribution is 2.34. The fourth-order valence-electron chi connectivity index (χ4n) is 4.29. The largest absolute Gasteiger partial charge is 0.353 e. The Kier molecular flexibility index (Phi) is 5.70. The van der Waals surface area contributed by atoms with Gasteiger partial charge in [-0.25, -0.2) is 14.2 Å². The van der Waals surface area contributed by atoms with Gasteiger partial charge >= 0.3 is 6.03 Å². The number of aromatic nitrogens is 3. The van der Waals surface area contributed by atoms with Crippen LogP contribution in [-0.4, -0.2) is 52.2 Å². The van der Waals surface area contributed by atoms with Crippen LogP contribution in [0.1, 0.15) is 37.5 Å². The fourth-order valence-corrected chi connectivity index (χ4v) is 4.29. The second-order valence-corrected chi connectivity index (χ2v) is 8.23. The van der Waals surface area contributed by atoms with Crippen molar-refractivity contribution in [2.45, 2.75) is 31.6 Å². The summed E-state index contributed by atoms with van der Waals surface area (Å²) in [6, 6.07) is 9.75. The lowest BCUT2D eigenvalue weighted by molar-refractivity contribution is 0.208. The Morgan fingerprint density at radius 2 is 1.84 bits per heavy atom. The first kappa shape index (κ1) is 20.4. The van der Waals surface area contributed by atoms with E-state index < -0.39 is 5.82 Å². The number of hydrogen-bond donors (Lipinski definition) is 1. The number of nitrogens with one attached hydrogen (secondary N) is 1. The number of carbonyl (C=O) groups excluding carboxylic acids is 1. The van der Waals surface area contributed by atoms with E-state index in [1.165, 1.54) is 18.9 Å². The zero-order valence-corrected chi connectivity index (χ0v) is 17.7. The average Bonchev–Trinajstić information content (AvgIpc) is 3.53. The Bertz CT molecular complexity index is 1070. The van der Waals surface area contributed by atoms with Gasteiger partial charge in [0.25, 0.3) is 0 Å². The van der Waals surface area contributed by atoms with Crippen molar-refractivity contribution in [1.29, 1.82) is 0 Å². The van der Waals surface area contributed by atoms with Gasteiger partial charge in [0.2, 0.25) is 11.7 Å². The molecule has 0 atom stereocenters. The molecule has 8 nitrogen and oxygen atoms in total. The van der Waals surface area contributed by atoms with Gasteiger partial charge in [-0.1, -0.05) is 30.1 Å². The summed E-state index contributed by atoms with van der Waals surface area (Å²) >= 11 is 0. The molecule has 2 aromatic heterocycles. The molecule has 0 spiro atoms. The number of anilines is 2. The number of urea groups is 1. The van der Waals surface area contributed by atoms with Crippen LogP contribution in [0.5, 0.6) is 0 Å². The van der Waals surface area contributed by atoms with Gasteiger partial charge in [0.05, 0.1) is 5.69 Å². The predicted molar refractivity (Wildman–Crippen MR) is 118 cm³/mol. The van der Waals surface area contributed by atoms with E-state index in [4.69, 9.17) is 4.52 Å². The third-order valence-electron chi connectivity index (χ3n) is 6.16. The van der Waals surface area contributed by atoms with E-state index in [1.807, 2.05) is 12.1 Å². The van der Waals surface area contributed by atoms with E-state index >= 15 is 0 Å². The lowest BCUT2D eigenvalue weighted by Crippen LogP contribution is -2.50. The monoisotopic (exact) mass is 436 g/mol. The molecule has 0 bridgehead atoms. The zero-order chi connectivity index (χ0) is 21.9. The maximum atomic E-state index is 13.8.